The fourth-order valence-corrected chi connectivity index (χ4v) is 1.09. The van der Waals surface area contributed by atoms with Crippen LogP contribution in [0.5, 0.6) is 5.75 Å². The van der Waals surface area contributed by atoms with Gasteiger partial charge in [0.05, 0.1) is 0 Å². The number of nitrogens with one attached hydrogen (secondary N) is 1. The van der Waals surface area contributed by atoms with Crippen molar-refractivity contribution in [1.29, 1.82) is 0 Å². The van der Waals surface area contributed by atoms with Crippen molar-refractivity contribution < 1.29 is 14.6 Å². The highest BCUT2D eigenvalue weighted by atomic mass is 35.6. The summed E-state index contributed by atoms with van der Waals surface area (Å²) in [4.78, 5) is 10.3. The van der Waals surface area contributed by atoms with Crippen molar-refractivity contribution in [2.24, 2.45) is 0 Å². The molecular weight excluding hydrogens is 276 g/mol. The van der Waals surface area contributed by atoms with Crippen molar-refractivity contribution in [2.45, 2.75) is 3.79 Å². The van der Waals surface area contributed by atoms with Crippen molar-refractivity contribution in [2.75, 3.05) is 11.9 Å². The van der Waals surface area contributed by atoms with Gasteiger partial charge in [-0.25, -0.2) is 4.79 Å². The Bertz CT molecular complexity index is 361. The maximum Gasteiger partial charge on any atom is 0.409 e. The summed E-state index contributed by atoms with van der Waals surface area (Å²) in [5, 5.41) is 10.6. The maximum atomic E-state index is 10.3. The molecule has 1 aromatic rings. The molecule has 0 fully saturated rings. The molecule has 1 rings (SSSR count). The molecule has 88 valence electrons. The third kappa shape index (κ3) is 5.30. The zero-order valence-electron chi connectivity index (χ0n) is 7.91. The van der Waals surface area contributed by atoms with Crippen LogP contribution in [0.25, 0.3) is 0 Å². The highest BCUT2D eigenvalue weighted by Gasteiger charge is 2.20. The van der Waals surface area contributed by atoms with Crippen LogP contribution in [0.1, 0.15) is 0 Å². The molecular formula is C9H8Cl3NO3. The van der Waals surface area contributed by atoms with Gasteiger partial charge in [-0.2, -0.15) is 0 Å². The van der Waals surface area contributed by atoms with E-state index in [2.05, 4.69) is 5.32 Å². The van der Waals surface area contributed by atoms with Crippen LogP contribution in [0.4, 0.5) is 10.5 Å². The molecule has 0 bridgehead atoms. The molecule has 1 amide bonds. The van der Waals surface area contributed by atoms with Gasteiger partial charge in [0, 0.05) is 5.69 Å². The SMILES string of the molecule is O=C(O)Nc1ccc(OCC(Cl)(Cl)Cl)cc1. The van der Waals surface area contributed by atoms with Gasteiger partial charge < -0.3 is 9.84 Å². The Balaban J connectivity index is 2.55. The van der Waals surface area contributed by atoms with E-state index >= 15 is 0 Å². The third-order valence-electron chi connectivity index (χ3n) is 1.51. The van der Waals surface area contributed by atoms with E-state index in [9.17, 15) is 4.79 Å². The first-order chi connectivity index (χ1) is 7.37. The van der Waals surface area contributed by atoms with Crippen molar-refractivity contribution >= 4 is 46.6 Å². The minimum Gasteiger partial charge on any atom is -0.489 e. The van der Waals surface area contributed by atoms with Crippen LogP contribution in [0, 0.1) is 0 Å². The Labute approximate surface area is 107 Å². The van der Waals surface area contributed by atoms with E-state index in [-0.39, 0.29) is 6.61 Å². The van der Waals surface area contributed by atoms with Gasteiger partial charge in [0.2, 0.25) is 3.79 Å². The third-order valence-corrected chi connectivity index (χ3v) is 1.84. The molecule has 4 nitrogen and oxygen atoms in total. The zero-order valence-corrected chi connectivity index (χ0v) is 10.2. The largest absolute Gasteiger partial charge is 0.489 e. The molecule has 0 aliphatic carbocycles. The molecule has 0 aliphatic heterocycles. The minimum absolute atomic E-state index is 0.0800. The first-order valence-corrected chi connectivity index (χ1v) is 5.30. The molecule has 1 aromatic carbocycles. The number of hydrogen-bond donors (Lipinski definition) is 2. The fourth-order valence-electron chi connectivity index (χ4n) is 0.923. The standard InChI is InChI=1S/C9H8Cl3NO3/c10-9(11,12)5-16-7-3-1-6(2-4-7)13-8(14)15/h1-4,13H,5H2,(H,14,15). The average molecular weight is 285 g/mol. The van der Waals surface area contributed by atoms with E-state index in [4.69, 9.17) is 44.6 Å². The van der Waals surface area contributed by atoms with Gasteiger partial charge in [-0.1, -0.05) is 34.8 Å². The number of hydrogen-bond acceptors (Lipinski definition) is 2. The molecule has 16 heavy (non-hydrogen) atoms. The Morgan fingerprint density at radius 2 is 1.88 bits per heavy atom. The number of rotatable bonds is 3. The van der Waals surface area contributed by atoms with E-state index in [1.807, 2.05) is 0 Å². The first-order valence-electron chi connectivity index (χ1n) is 4.16. The molecule has 0 heterocycles. The molecule has 0 aromatic heterocycles. The Kier molecular flexibility index (Phi) is 4.53. The Morgan fingerprint density at radius 1 is 1.31 bits per heavy atom. The summed E-state index contributed by atoms with van der Waals surface area (Å²) in [6.45, 7) is -0.0800. The highest BCUT2D eigenvalue weighted by Crippen LogP contribution is 2.27. The van der Waals surface area contributed by atoms with Gasteiger partial charge in [-0.05, 0) is 24.3 Å². The van der Waals surface area contributed by atoms with E-state index in [1.165, 1.54) is 0 Å². The monoisotopic (exact) mass is 283 g/mol. The molecule has 0 saturated carbocycles. The number of benzene rings is 1. The number of halogens is 3. The smallest absolute Gasteiger partial charge is 0.409 e. The van der Waals surface area contributed by atoms with Gasteiger partial charge in [0.15, 0.2) is 0 Å². The van der Waals surface area contributed by atoms with Crippen molar-refractivity contribution in [3.63, 3.8) is 0 Å². The average Bonchev–Trinajstić information content (AvgIpc) is 2.14. The molecule has 0 radical (unpaired) electrons. The predicted molar refractivity (Wildman–Crippen MR) is 63.9 cm³/mol. The van der Waals surface area contributed by atoms with Crippen molar-refractivity contribution in [3.05, 3.63) is 24.3 Å². The molecule has 7 heteroatoms. The Morgan fingerprint density at radius 3 is 2.31 bits per heavy atom. The molecule has 0 atom stereocenters. The van der Waals surface area contributed by atoms with E-state index in [0.29, 0.717) is 11.4 Å². The second-order valence-corrected chi connectivity index (χ2v) is 5.37. The number of alkyl halides is 3. The van der Waals surface area contributed by atoms with Crippen LogP contribution in [-0.4, -0.2) is 21.6 Å². The summed E-state index contributed by atoms with van der Waals surface area (Å²) in [5.41, 5.74) is 0.439. The summed E-state index contributed by atoms with van der Waals surface area (Å²) in [5.74, 6) is 0.488. The molecule has 2 N–H and O–H groups in total. The molecule has 0 spiro atoms. The van der Waals surface area contributed by atoms with Crippen LogP contribution >= 0.6 is 34.8 Å². The molecule has 0 aliphatic rings. The summed E-state index contributed by atoms with van der Waals surface area (Å²) in [6, 6.07) is 6.23. The lowest BCUT2D eigenvalue weighted by atomic mass is 10.3. The fraction of sp³-hybridized carbons (Fsp3) is 0.222. The quantitative estimate of drug-likeness (QED) is 0.835. The molecule has 0 saturated heterocycles. The number of anilines is 1. The topological polar surface area (TPSA) is 58.6 Å². The van der Waals surface area contributed by atoms with Gasteiger partial charge >= 0.3 is 6.09 Å². The van der Waals surface area contributed by atoms with Crippen LogP contribution in [0.2, 0.25) is 0 Å². The number of ether oxygens (including phenoxy) is 1. The van der Waals surface area contributed by atoms with Crippen LogP contribution < -0.4 is 10.1 Å². The van der Waals surface area contributed by atoms with Crippen molar-refractivity contribution in [1.82, 2.24) is 0 Å². The van der Waals surface area contributed by atoms with E-state index in [1.54, 1.807) is 24.3 Å². The summed E-state index contributed by atoms with van der Waals surface area (Å²) in [6.07, 6.45) is -1.13. The molecule has 0 unspecified atom stereocenters. The lowest BCUT2D eigenvalue weighted by Gasteiger charge is -2.12. The maximum absolute atomic E-state index is 10.3. The van der Waals surface area contributed by atoms with Crippen LogP contribution in [-0.2, 0) is 0 Å². The van der Waals surface area contributed by atoms with Gasteiger partial charge in [0.1, 0.15) is 12.4 Å². The number of carboxylic acid groups (broad SMARTS) is 1. The zero-order chi connectivity index (χ0) is 12.2. The summed E-state index contributed by atoms with van der Waals surface area (Å²) in [7, 11) is 0. The predicted octanol–water partition coefficient (Wildman–Crippen LogP) is 3.53. The lowest BCUT2D eigenvalue weighted by molar-refractivity contribution is 0.209. The normalized spacial score (nSPS) is 10.9. The van der Waals surface area contributed by atoms with Crippen LogP contribution in [0.15, 0.2) is 24.3 Å². The van der Waals surface area contributed by atoms with Crippen molar-refractivity contribution in [3.8, 4) is 5.75 Å². The van der Waals surface area contributed by atoms with Gasteiger partial charge in [0.25, 0.3) is 0 Å². The second kappa shape index (κ2) is 5.48. The second-order valence-electron chi connectivity index (χ2n) is 2.86. The number of carbonyl (C=O) groups is 1. The number of amides is 1. The lowest BCUT2D eigenvalue weighted by Crippen LogP contribution is -2.15. The first kappa shape index (κ1) is 13.2. The summed E-state index contributed by atoms with van der Waals surface area (Å²) >= 11 is 16.5. The minimum atomic E-state index is -1.47. The van der Waals surface area contributed by atoms with Crippen LogP contribution in [0.3, 0.4) is 0 Å². The van der Waals surface area contributed by atoms with E-state index in [0.717, 1.165) is 0 Å². The summed E-state index contributed by atoms with van der Waals surface area (Å²) < 4.78 is 3.69. The van der Waals surface area contributed by atoms with Gasteiger partial charge in [-0.15, -0.1) is 0 Å². The van der Waals surface area contributed by atoms with Gasteiger partial charge in [-0.3, -0.25) is 5.32 Å². The van der Waals surface area contributed by atoms with E-state index < -0.39 is 9.89 Å². The Hall–Kier alpha value is -0.840. The highest BCUT2D eigenvalue weighted by molar-refractivity contribution is 6.67.